The first-order chi connectivity index (χ1) is 9.58. The molecule has 1 aliphatic heterocycles. The number of amides is 1. The van der Waals surface area contributed by atoms with E-state index in [1.165, 1.54) is 0 Å². The standard InChI is InChI=1S/C15H26N4O.ClH/c1-5-8-19-12(3)14(11(2)17-19)15(20)18-9-6-13(16-4)7-10-18;/h13,16H,5-10H2,1-4H3;1H. The molecule has 1 saturated heterocycles. The van der Waals surface area contributed by atoms with Gasteiger partial charge in [0.05, 0.1) is 11.3 Å². The number of rotatable bonds is 4. The summed E-state index contributed by atoms with van der Waals surface area (Å²) in [5.41, 5.74) is 2.67. The highest BCUT2D eigenvalue weighted by molar-refractivity contribution is 5.96. The van der Waals surface area contributed by atoms with Crippen molar-refractivity contribution in [2.45, 2.75) is 52.6 Å². The summed E-state index contributed by atoms with van der Waals surface area (Å²) in [5, 5.41) is 7.80. The summed E-state index contributed by atoms with van der Waals surface area (Å²) in [4.78, 5) is 14.7. The molecule has 0 bridgehead atoms. The van der Waals surface area contributed by atoms with Gasteiger partial charge in [0.15, 0.2) is 0 Å². The van der Waals surface area contributed by atoms with Crippen LogP contribution in [0.25, 0.3) is 0 Å². The number of nitrogens with one attached hydrogen (secondary N) is 1. The quantitative estimate of drug-likeness (QED) is 0.926. The number of aryl methyl sites for hydroxylation is 2. The molecule has 0 aliphatic carbocycles. The maximum atomic E-state index is 12.7. The highest BCUT2D eigenvalue weighted by Gasteiger charge is 2.26. The molecule has 5 nitrogen and oxygen atoms in total. The van der Waals surface area contributed by atoms with Crippen LogP contribution in [0.15, 0.2) is 0 Å². The molecular formula is C15H27ClN4O. The van der Waals surface area contributed by atoms with E-state index in [9.17, 15) is 4.79 Å². The van der Waals surface area contributed by atoms with Gasteiger partial charge in [0.1, 0.15) is 0 Å². The van der Waals surface area contributed by atoms with Crippen LogP contribution >= 0.6 is 12.4 Å². The van der Waals surface area contributed by atoms with Crippen molar-refractivity contribution in [1.82, 2.24) is 20.0 Å². The van der Waals surface area contributed by atoms with Crippen molar-refractivity contribution in [1.29, 1.82) is 0 Å². The van der Waals surface area contributed by atoms with Crippen molar-refractivity contribution < 1.29 is 4.79 Å². The first kappa shape index (κ1) is 18.0. The number of likely N-dealkylation sites (tertiary alicyclic amines) is 1. The van der Waals surface area contributed by atoms with E-state index in [0.29, 0.717) is 6.04 Å². The molecule has 1 aliphatic rings. The van der Waals surface area contributed by atoms with Gasteiger partial charge in [0.25, 0.3) is 5.91 Å². The number of piperidine rings is 1. The van der Waals surface area contributed by atoms with Crippen molar-refractivity contribution in [2.24, 2.45) is 0 Å². The van der Waals surface area contributed by atoms with E-state index < -0.39 is 0 Å². The average molecular weight is 315 g/mol. The molecular weight excluding hydrogens is 288 g/mol. The second kappa shape index (κ2) is 7.80. The number of aromatic nitrogens is 2. The normalized spacial score (nSPS) is 15.9. The molecule has 2 rings (SSSR count). The fourth-order valence-corrected chi connectivity index (χ4v) is 2.97. The highest BCUT2D eigenvalue weighted by atomic mass is 35.5. The van der Waals surface area contributed by atoms with E-state index >= 15 is 0 Å². The van der Waals surface area contributed by atoms with E-state index in [-0.39, 0.29) is 18.3 Å². The van der Waals surface area contributed by atoms with Crippen LogP contribution in [0.3, 0.4) is 0 Å². The van der Waals surface area contributed by atoms with Gasteiger partial charge in [0.2, 0.25) is 0 Å². The number of hydrogen-bond donors (Lipinski definition) is 1. The Morgan fingerprint density at radius 2 is 1.95 bits per heavy atom. The lowest BCUT2D eigenvalue weighted by Gasteiger charge is -2.31. The SMILES string of the molecule is CCCn1nc(C)c(C(=O)N2CCC(NC)CC2)c1C.Cl. The second-order valence-corrected chi connectivity index (χ2v) is 5.62. The van der Waals surface area contributed by atoms with Gasteiger partial charge < -0.3 is 10.2 Å². The molecule has 0 radical (unpaired) electrons. The third-order valence-corrected chi connectivity index (χ3v) is 4.22. The van der Waals surface area contributed by atoms with E-state index in [2.05, 4.69) is 17.3 Å². The highest BCUT2D eigenvalue weighted by Crippen LogP contribution is 2.19. The topological polar surface area (TPSA) is 50.2 Å². The predicted octanol–water partition coefficient (Wildman–Crippen LogP) is 2.16. The van der Waals surface area contributed by atoms with Crippen LogP contribution in [0.5, 0.6) is 0 Å². The maximum Gasteiger partial charge on any atom is 0.257 e. The zero-order chi connectivity index (χ0) is 14.7. The van der Waals surface area contributed by atoms with Gasteiger partial charge in [-0.05, 0) is 40.2 Å². The third-order valence-electron chi connectivity index (χ3n) is 4.22. The molecule has 0 aromatic carbocycles. The lowest BCUT2D eigenvalue weighted by molar-refractivity contribution is 0.0705. The summed E-state index contributed by atoms with van der Waals surface area (Å²) in [6, 6.07) is 0.545. The van der Waals surface area contributed by atoms with Gasteiger partial charge in [0, 0.05) is 31.4 Å². The molecule has 1 aromatic rings. The zero-order valence-electron chi connectivity index (χ0n) is 13.5. The Labute approximate surface area is 133 Å². The molecule has 0 spiro atoms. The van der Waals surface area contributed by atoms with Gasteiger partial charge in [-0.2, -0.15) is 5.10 Å². The zero-order valence-corrected chi connectivity index (χ0v) is 14.3. The summed E-state index contributed by atoms with van der Waals surface area (Å²) in [6.07, 6.45) is 3.09. The Morgan fingerprint density at radius 1 is 1.33 bits per heavy atom. The monoisotopic (exact) mass is 314 g/mol. The molecule has 1 N–H and O–H groups in total. The first-order valence-corrected chi connectivity index (χ1v) is 7.59. The summed E-state index contributed by atoms with van der Waals surface area (Å²) in [5.74, 6) is 0.150. The lowest BCUT2D eigenvalue weighted by Crippen LogP contribution is -2.44. The molecule has 1 aromatic heterocycles. The van der Waals surface area contributed by atoms with E-state index in [1.54, 1.807) is 0 Å². The van der Waals surface area contributed by atoms with Crippen LogP contribution in [0.1, 0.15) is 47.9 Å². The Hall–Kier alpha value is -1.07. The van der Waals surface area contributed by atoms with Crippen molar-refractivity contribution >= 4 is 18.3 Å². The molecule has 120 valence electrons. The van der Waals surface area contributed by atoms with E-state index in [1.807, 2.05) is 30.5 Å². The Morgan fingerprint density at radius 3 is 2.48 bits per heavy atom. The minimum atomic E-state index is 0. The Bertz CT molecular complexity index is 478. The minimum Gasteiger partial charge on any atom is -0.338 e. The summed E-state index contributed by atoms with van der Waals surface area (Å²) < 4.78 is 1.96. The van der Waals surface area contributed by atoms with Crippen LogP contribution in [0.4, 0.5) is 0 Å². The molecule has 0 unspecified atom stereocenters. The maximum absolute atomic E-state index is 12.7. The lowest BCUT2D eigenvalue weighted by atomic mass is 10.0. The first-order valence-electron chi connectivity index (χ1n) is 7.59. The van der Waals surface area contributed by atoms with Crippen molar-refractivity contribution in [3.8, 4) is 0 Å². The number of carbonyl (C=O) groups is 1. The molecule has 1 amide bonds. The molecule has 2 heterocycles. The third kappa shape index (κ3) is 3.77. The van der Waals surface area contributed by atoms with Crippen LogP contribution in [-0.4, -0.2) is 46.8 Å². The van der Waals surface area contributed by atoms with Crippen molar-refractivity contribution in [2.75, 3.05) is 20.1 Å². The van der Waals surface area contributed by atoms with Crippen LogP contribution in [-0.2, 0) is 6.54 Å². The number of halogens is 1. The number of hydrogen-bond acceptors (Lipinski definition) is 3. The van der Waals surface area contributed by atoms with Gasteiger partial charge in [-0.3, -0.25) is 9.48 Å². The second-order valence-electron chi connectivity index (χ2n) is 5.62. The fourth-order valence-electron chi connectivity index (χ4n) is 2.97. The molecule has 1 fully saturated rings. The average Bonchev–Trinajstić information content (AvgIpc) is 2.73. The number of carbonyl (C=O) groups excluding carboxylic acids is 1. The minimum absolute atomic E-state index is 0. The van der Waals surface area contributed by atoms with Crippen molar-refractivity contribution in [3.05, 3.63) is 17.0 Å². The predicted molar refractivity (Wildman–Crippen MR) is 87.2 cm³/mol. The van der Waals surface area contributed by atoms with Gasteiger partial charge >= 0.3 is 0 Å². The molecule has 6 heteroatoms. The van der Waals surface area contributed by atoms with Gasteiger partial charge in [-0.25, -0.2) is 0 Å². The van der Waals surface area contributed by atoms with Crippen LogP contribution in [0.2, 0.25) is 0 Å². The smallest absolute Gasteiger partial charge is 0.257 e. The van der Waals surface area contributed by atoms with E-state index in [0.717, 1.165) is 55.8 Å². The Kier molecular flexibility index (Phi) is 6.68. The van der Waals surface area contributed by atoms with Gasteiger partial charge in [-0.1, -0.05) is 6.92 Å². The fraction of sp³-hybridized carbons (Fsp3) is 0.733. The summed E-state index contributed by atoms with van der Waals surface area (Å²) in [7, 11) is 1.99. The molecule has 21 heavy (non-hydrogen) atoms. The van der Waals surface area contributed by atoms with Crippen LogP contribution in [0, 0.1) is 13.8 Å². The van der Waals surface area contributed by atoms with Crippen LogP contribution < -0.4 is 5.32 Å². The largest absolute Gasteiger partial charge is 0.338 e. The Balaban J connectivity index is 0.00000220. The van der Waals surface area contributed by atoms with Gasteiger partial charge in [-0.15, -0.1) is 12.4 Å². The van der Waals surface area contributed by atoms with Crippen molar-refractivity contribution in [3.63, 3.8) is 0 Å². The number of nitrogens with zero attached hydrogens (tertiary/aromatic N) is 3. The molecule has 0 saturated carbocycles. The summed E-state index contributed by atoms with van der Waals surface area (Å²) in [6.45, 7) is 8.61. The molecule has 0 atom stereocenters. The summed E-state index contributed by atoms with van der Waals surface area (Å²) >= 11 is 0. The van der Waals surface area contributed by atoms with E-state index in [4.69, 9.17) is 0 Å².